The fourth-order valence-corrected chi connectivity index (χ4v) is 2.18. The maximum atomic E-state index is 12.3. The molecular formula is C15H9N3O6. The number of H-pyrrole nitrogens is 2. The molecule has 0 bridgehead atoms. The van der Waals surface area contributed by atoms with E-state index in [2.05, 4.69) is 4.98 Å². The molecule has 0 aliphatic carbocycles. The van der Waals surface area contributed by atoms with Crippen molar-refractivity contribution >= 4 is 28.8 Å². The molecule has 0 aliphatic heterocycles. The van der Waals surface area contributed by atoms with Crippen molar-refractivity contribution < 1.29 is 9.34 Å². The van der Waals surface area contributed by atoms with Crippen LogP contribution in [0.3, 0.4) is 0 Å². The Labute approximate surface area is 132 Å². The topological polar surface area (TPSA) is 139 Å². The summed E-state index contributed by atoms with van der Waals surface area (Å²) in [5.74, 6) is 0. The molecule has 2 heterocycles. The molecule has 0 fully saturated rings. The van der Waals surface area contributed by atoms with Crippen LogP contribution in [0.5, 0.6) is 0 Å². The highest BCUT2D eigenvalue weighted by Gasteiger charge is 2.18. The van der Waals surface area contributed by atoms with Crippen LogP contribution in [-0.2, 0) is 0 Å². The first kappa shape index (κ1) is 15.2. The van der Waals surface area contributed by atoms with E-state index in [4.69, 9.17) is 4.42 Å². The predicted octanol–water partition coefficient (Wildman–Crippen LogP) is 1.25. The number of nitrogens with zero attached hydrogens (tertiary/aromatic N) is 1. The lowest BCUT2D eigenvalue weighted by molar-refractivity contribution is -0.386. The van der Waals surface area contributed by atoms with E-state index < -0.39 is 21.9 Å². The number of hydrogen-bond acceptors (Lipinski definition) is 6. The summed E-state index contributed by atoms with van der Waals surface area (Å²) in [5, 5.41) is 11.3. The lowest BCUT2D eigenvalue weighted by atomic mass is 10.1. The minimum atomic E-state index is -1.13. The van der Waals surface area contributed by atoms with Crippen molar-refractivity contribution in [3.8, 4) is 0 Å². The first-order valence-electron chi connectivity index (χ1n) is 6.67. The van der Waals surface area contributed by atoms with E-state index in [1.54, 1.807) is 29.2 Å². The Bertz CT molecular complexity index is 1150. The molecule has 0 unspecified atom stereocenters. The fraction of sp³-hybridized carbons (Fsp3) is 0. The van der Waals surface area contributed by atoms with Gasteiger partial charge in [-0.2, -0.15) is 0 Å². The van der Waals surface area contributed by atoms with Gasteiger partial charge in [0.1, 0.15) is 17.5 Å². The minimum Gasteiger partial charge on any atom is -0.463 e. The van der Waals surface area contributed by atoms with Gasteiger partial charge in [-0.05, 0) is 24.3 Å². The van der Waals surface area contributed by atoms with Gasteiger partial charge < -0.3 is 9.40 Å². The largest absolute Gasteiger partial charge is 0.463 e. The number of aromatic nitrogens is 2. The van der Waals surface area contributed by atoms with E-state index >= 15 is 0 Å². The lowest BCUT2D eigenvalue weighted by Crippen LogP contribution is -2.25. The summed E-state index contributed by atoms with van der Waals surface area (Å²) in [4.78, 5) is 49.1. The van der Waals surface area contributed by atoms with Crippen molar-refractivity contribution in [1.29, 1.82) is 0 Å². The maximum Gasteiger partial charge on any atom is 0.357 e. The van der Waals surface area contributed by atoms with Crippen LogP contribution in [0.1, 0.15) is 11.3 Å². The monoisotopic (exact) mass is 327 g/mol. The average molecular weight is 327 g/mol. The number of nitro groups is 1. The summed E-state index contributed by atoms with van der Waals surface area (Å²) in [5.41, 5.74) is -3.00. The smallest absolute Gasteiger partial charge is 0.357 e. The van der Waals surface area contributed by atoms with Crippen molar-refractivity contribution in [2.45, 2.75) is 0 Å². The van der Waals surface area contributed by atoms with Gasteiger partial charge in [0.25, 0.3) is 0 Å². The second-order valence-electron chi connectivity index (χ2n) is 4.78. The van der Waals surface area contributed by atoms with E-state index in [1.165, 1.54) is 12.3 Å². The molecule has 1 aromatic carbocycles. The second-order valence-corrected chi connectivity index (χ2v) is 4.78. The molecule has 0 saturated carbocycles. The van der Waals surface area contributed by atoms with Gasteiger partial charge >= 0.3 is 16.9 Å². The van der Waals surface area contributed by atoms with Crippen LogP contribution in [0.2, 0.25) is 0 Å². The third kappa shape index (κ3) is 2.65. The number of rotatable bonds is 3. The van der Waals surface area contributed by atoms with Gasteiger partial charge in [0, 0.05) is 0 Å². The standard InChI is InChI=1S/C15H9N3O6/c19-13-8(7-24-11-4-2-1-3-9(11)13)5-6-10-12(18(22)23)14(20)17-15(21)16-10/h1-7H,(H2,16,17,20,21). The zero-order valence-corrected chi connectivity index (χ0v) is 11.9. The first-order valence-corrected chi connectivity index (χ1v) is 6.67. The third-order valence-electron chi connectivity index (χ3n) is 3.26. The van der Waals surface area contributed by atoms with E-state index in [0.29, 0.717) is 11.0 Å². The van der Waals surface area contributed by atoms with Gasteiger partial charge in [0.15, 0.2) is 5.43 Å². The Morgan fingerprint density at radius 2 is 1.83 bits per heavy atom. The lowest BCUT2D eigenvalue weighted by Gasteiger charge is -1.98. The highest BCUT2D eigenvalue weighted by molar-refractivity contribution is 5.80. The maximum absolute atomic E-state index is 12.3. The van der Waals surface area contributed by atoms with Crippen molar-refractivity contribution in [2.75, 3.05) is 0 Å². The molecule has 0 atom stereocenters. The molecule has 0 aliphatic rings. The predicted molar refractivity (Wildman–Crippen MR) is 85.7 cm³/mol. The molecule has 9 nitrogen and oxygen atoms in total. The molecule has 0 amide bonds. The molecule has 0 radical (unpaired) electrons. The van der Waals surface area contributed by atoms with E-state index in [-0.39, 0.29) is 16.7 Å². The van der Waals surface area contributed by atoms with Crippen molar-refractivity contribution in [1.82, 2.24) is 9.97 Å². The summed E-state index contributed by atoms with van der Waals surface area (Å²) in [6.07, 6.45) is 3.53. The van der Waals surface area contributed by atoms with Crippen LogP contribution in [0.25, 0.3) is 23.1 Å². The Balaban J connectivity index is 2.15. The summed E-state index contributed by atoms with van der Waals surface area (Å²) in [6.45, 7) is 0. The van der Waals surface area contributed by atoms with Crippen molar-refractivity contribution in [3.63, 3.8) is 0 Å². The van der Waals surface area contributed by atoms with Gasteiger partial charge in [-0.15, -0.1) is 0 Å². The molecule has 3 rings (SSSR count). The Morgan fingerprint density at radius 1 is 1.08 bits per heavy atom. The molecule has 2 aromatic heterocycles. The van der Waals surface area contributed by atoms with Gasteiger partial charge in [-0.3, -0.25) is 24.7 Å². The number of para-hydroxylation sites is 1. The Kier molecular flexibility index (Phi) is 3.66. The van der Waals surface area contributed by atoms with Crippen LogP contribution < -0.4 is 16.7 Å². The van der Waals surface area contributed by atoms with Gasteiger partial charge in [-0.1, -0.05) is 12.1 Å². The molecule has 120 valence electrons. The van der Waals surface area contributed by atoms with E-state index in [9.17, 15) is 24.5 Å². The summed E-state index contributed by atoms with van der Waals surface area (Å²) in [7, 11) is 0. The number of nitrogens with one attached hydrogen (secondary N) is 2. The van der Waals surface area contributed by atoms with E-state index in [1.807, 2.05) is 0 Å². The van der Waals surface area contributed by atoms with Crippen LogP contribution >= 0.6 is 0 Å². The molecular weight excluding hydrogens is 318 g/mol. The zero-order chi connectivity index (χ0) is 17.3. The minimum absolute atomic E-state index is 0.115. The SMILES string of the molecule is O=c1[nH]c(C=Cc2coc3ccccc3c2=O)c([N+](=O)[O-])c(=O)[nH]1. The third-order valence-corrected chi connectivity index (χ3v) is 3.26. The van der Waals surface area contributed by atoms with Gasteiger partial charge in [0.2, 0.25) is 0 Å². The number of fused-ring (bicyclic) bond motifs is 1. The van der Waals surface area contributed by atoms with Gasteiger partial charge in [-0.25, -0.2) is 4.79 Å². The van der Waals surface area contributed by atoms with Crippen LogP contribution in [0.15, 0.2) is 49.3 Å². The average Bonchev–Trinajstić information content (AvgIpc) is 2.53. The van der Waals surface area contributed by atoms with Gasteiger partial charge in [0.05, 0.1) is 15.9 Å². The Morgan fingerprint density at radius 3 is 2.58 bits per heavy atom. The van der Waals surface area contributed by atoms with Crippen molar-refractivity contribution in [3.05, 3.63) is 83.0 Å². The van der Waals surface area contributed by atoms with Crippen molar-refractivity contribution in [2.24, 2.45) is 0 Å². The Hall–Kier alpha value is -3.75. The summed E-state index contributed by atoms with van der Waals surface area (Å²) < 4.78 is 5.31. The summed E-state index contributed by atoms with van der Waals surface area (Å²) >= 11 is 0. The number of aromatic amines is 2. The summed E-state index contributed by atoms with van der Waals surface area (Å²) in [6, 6.07) is 6.59. The number of hydrogen-bond donors (Lipinski definition) is 2. The highest BCUT2D eigenvalue weighted by Crippen LogP contribution is 2.14. The molecule has 9 heteroatoms. The highest BCUT2D eigenvalue weighted by atomic mass is 16.6. The normalized spacial score (nSPS) is 11.2. The van der Waals surface area contributed by atoms with Crippen LogP contribution in [0, 0.1) is 10.1 Å². The second kappa shape index (κ2) is 5.80. The van der Waals surface area contributed by atoms with E-state index in [0.717, 1.165) is 6.08 Å². The molecule has 2 N–H and O–H groups in total. The first-order chi connectivity index (χ1) is 11.5. The molecule has 0 spiro atoms. The fourth-order valence-electron chi connectivity index (χ4n) is 2.18. The quantitative estimate of drug-likeness (QED) is 0.548. The van der Waals surface area contributed by atoms with Crippen LogP contribution in [0.4, 0.5) is 5.69 Å². The van der Waals surface area contributed by atoms with Crippen LogP contribution in [-0.4, -0.2) is 14.9 Å². The number of benzene rings is 1. The molecule has 0 saturated heterocycles. The molecule has 3 aromatic rings. The molecule has 24 heavy (non-hydrogen) atoms. The zero-order valence-electron chi connectivity index (χ0n) is 11.9.